The van der Waals surface area contributed by atoms with Gasteiger partial charge in [0.25, 0.3) is 0 Å². The molecule has 1 saturated heterocycles. The molecule has 1 unspecified atom stereocenters. The van der Waals surface area contributed by atoms with Crippen molar-refractivity contribution in [3.8, 4) is 0 Å². The van der Waals surface area contributed by atoms with Crippen LogP contribution in [0.5, 0.6) is 0 Å². The van der Waals surface area contributed by atoms with Gasteiger partial charge >= 0.3 is 0 Å². The molecule has 1 aliphatic rings. The molecule has 0 spiro atoms. The first-order valence-electron chi connectivity index (χ1n) is 4.57. The number of morpholine rings is 1. The van der Waals surface area contributed by atoms with Gasteiger partial charge in [0.15, 0.2) is 0 Å². The Morgan fingerprint density at radius 3 is 3.08 bits per heavy atom. The summed E-state index contributed by atoms with van der Waals surface area (Å²) < 4.78 is 5.26. The van der Waals surface area contributed by atoms with Crippen molar-refractivity contribution in [2.75, 3.05) is 39.5 Å². The Hall–Kier alpha value is -0.420. The van der Waals surface area contributed by atoms with Gasteiger partial charge in [-0.2, -0.15) is 0 Å². The highest BCUT2D eigenvalue weighted by molar-refractivity contribution is 5.00. The fraction of sp³-hybridized carbons (Fsp3) is 0.778. The van der Waals surface area contributed by atoms with Gasteiger partial charge in [-0.05, 0) is 5.57 Å². The molecule has 1 aliphatic heterocycles. The van der Waals surface area contributed by atoms with E-state index in [-0.39, 0.29) is 12.6 Å². The van der Waals surface area contributed by atoms with Crippen LogP contribution in [0, 0.1) is 0 Å². The van der Waals surface area contributed by atoms with Gasteiger partial charge in [-0.3, -0.25) is 4.90 Å². The lowest BCUT2D eigenvalue weighted by atomic mass is 10.2. The molecule has 3 N–H and O–H groups in total. The number of hydrogen-bond donors (Lipinski definition) is 2. The van der Waals surface area contributed by atoms with E-state index in [4.69, 9.17) is 15.6 Å². The molecule has 1 atom stereocenters. The van der Waals surface area contributed by atoms with Crippen LogP contribution in [0.3, 0.4) is 0 Å². The predicted molar refractivity (Wildman–Crippen MR) is 51.5 cm³/mol. The van der Waals surface area contributed by atoms with Gasteiger partial charge < -0.3 is 15.6 Å². The van der Waals surface area contributed by atoms with E-state index < -0.39 is 0 Å². The van der Waals surface area contributed by atoms with Crippen LogP contribution in [-0.2, 0) is 4.74 Å². The van der Waals surface area contributed by atoms with E-state index in [0.717, 1.165) is 25.3 Å². The van der Waals surface area contributed by atoms with Crippen molar-refractivity contribution >= 4 is 0 Å². The van der Waals surface area contributed by atoms with Crippen LogP contribution in [-0.4, -0.2) is 55.5 Å². The minimum absolute atomic E-state index is 0.108. The summed E-state index contributed by atoms with van der Waals surface area (Å²) in [5.74, 6) is 0. The monoisotopic (exact) mass is 186 g/mol. The maximum Gasteiger partial charge on any atom is 0.0644 e. The number of rotatable bonds is 4. The third-order valence-electron chi connectivity index (χ3n) is 2.28. The molecule has 76 valence electrons. The molecule has 4 nitrogen and oxygen atoms in total. The SMILES string of the molecule is C=C(CN)CN1CCOCC1CO. The normalized spacial score (nSPS) is 24.6. The van der Waals surface area contributed by atoms with E-state index in [1.807, 2.05) is 0 Å². The molecule has 0 aromatic rings. The first-order valence-corrected chi connectivity index (χ1v) is 4.57. The molecule has 1 heterocycles. The lowest BCUT2D eigenvalue weighted by molar-refractivity contribution is -0.0230. The fourth-order valence-electron chi connectivity index (χ4n) is 1.42. The molecule has 0 aliphatic carbocycles. The van der Waals surface area contributed by atoms with E-state index in [2.05, 4.69) is 11.5 Å². The first kappa shape index (κ1) is 10.7. The number of aliphatic hydroxyl groups is 1. The largest absolute Gasteiger partial charge is 0.395 e. The highest BCUT2D eigenvalue weighted by atomic mass is 16.5. The molecule has 0 amide bonds. The number of nitrogens with zero attached hydrogens (tertiary/aromatic N) is 1. The molecule has 0 saturated carbocycles. The molecule has 0 bridgehead atoms. The highest BCUT2D eigenvalue weighted by Crippen LogP contribution is 2.07. The summed E-state index contributed by atoms with van der Waals surface area (Å²) in [6, 6.07) is 0.108. The Kier molecular flexibility index (Phi) is 4.38. The summed E-state index contributed by atoms with van der Waals surface area (Å²) >= 11 is 0. The number of nitrogens with two attached hydrogens (primary N) is 1. The van der Waals surface area contributed by atoms with Crippen LogP contribution < -0.4 is 5.73 Å². The minimum atomic E-state index is 0.108. The van der Waals surface area contributed by atoms with Crippen molar-refractivity contribution in [1.82, 2.24) is 4.90 Å². The second-order valence-electron chi connectivity index (χ2n) is 3.34. The summed E-state index contributed by atoms with van der Waals surface area (Å²) in [5, 5.41) is 9.06. The van der Waals surface area contributed by atoms with Crippen molar-refractivity contribution in [1.29, 1.82) is 0 Å². The zero-order valence-corrected chi connectivity index (χ0v) is 7.91. The average Bonchev–Trinajstić information content (AvgIpc) is 2.18. The first-order chi connectivity index (χ1) is 6.27. The quantitative estimate of drug-likeness (QED) is 0.564. The Morgan fingerprint density at radius 1 is 1.69 bits per heavy atom. The zero-order valence-electron chi connectivity index (χ0n) is 7.91. The van der Waals surface area contributed by atoms with Crippen LogP contribution in [0.2, 0.25) is 0 Å². The van der Waals surface area contributed by atoms with Crippen molar-refractivity contribution in [3.63, 3.8) is 0 Å². The van der Waals surface area contributed by atoms with Gasteiger partial charge in [-0.1, -0.05) is 6.58 Å². The summed E-state index contributed by atoms with van der Waals surface area (Å²) in [5.41, 5.74) is 6.46. The third-order valence-corrected chi connectivity index (χ3v) is 2.28. The van der Waals surface area contributed by atoms with E-state index >= 15 is 0 Å². The molecule has 1 rings (SSSR count). The number of hydrogen-bond acceptors (Lipinski definition) is 4. The summed E-state index contributed by atoms with van der Waals surface area (Å²) in [7, 11) is 0. The average molecular weight is 186 g/mol. The summed E-state index contributed by atoms with van der Waals surface area (Å²) in [6.07, 6.45) is 0. The number of aliphatic hydroxyl groups excluding tert-OH is 1. The summed E-state index contributed by atoms with van der Waals surface area (Å²) in [6.45, 7) is 7.45. The maximum atomic E-state index is 9.06. The highest BCUT2D eigenvalue weighted by Gasteiger charge is 2.21. The molecule has 4 heteroatoms. The second-order valence-corrected chi connectivity index (χ2v) is 3.34. The van der Waals surface area contributed by atoms with Crippen LogP contribution in [0.15, 0.2) is 12.2 Å². The van der Waals surface area contributed by atoms with Crippen LogP contribution >= 0.6 is 0 Å². The van der Waals surface area contributed by atoms with Crippen molar-refractivity contribution in [3.05, 3.63) is 12.2 Å². The summed E-state index contributed by atoms with van der Waals surface area (Å²) in [4.78, 5) is 2.17. The van der Waals surface area contributed by atoms with Crippen molar-refractivity contribution in [2.24, 2.45) is 5.73 Å². The topological polar surface area (TPSA) is 58.7 Å². The second kappa shape index (κ2) is 5.34. The van der Waals surface area contributed by atoms with Gasteiger partial charge in [0.1, 0.15) is 0 Å². The molecule has 13 heavy (non-hydrogen) atoms. The van der Waals surface area contributed by atoms with Gasteiger partial charge in [0.2, 0.25) is 0 Å². The molecule has 1 fully saturated rings. The fourth-order valence-corrected chi connectivity index (χ4v) is 1.42. The standard InChI is InChI=1S/C9H18N2O2/c1-8(4-10)5-11-2-3-13-7-9(11)6-12/h9,12H,1-7,10H2. The molecule has 0 radical (unpaired) electrons. The number of ether oxygens (including phenoxy) is 1. The molecule has 0 aromatic carbocycles. The zero-order chi connectivity index (χ0) is 9.68. The van der Waals surface area contributed by atoms with Gasteiger partial charge in [-0.25, -0.2) is 0 Å². The van der Waals surface area contributed by atoms with Crippen molar-refractivity contribution < 1.29 is 9.84 Å². The maximum absolute atomic E-state index is 9.06. The van der Waals surface area contributed by atoms with Gasteiger partial charge in [0, 0.05) is 19.6 Å². The smallest absolute Gasteiger partial charge is 0.0644 e. The Balaban J connectivity index is 2.40. The Labute approximate surface area is 79.0 Å². The van der Waals surface area contributed by atoms with Crippen LogP contribution in [0.1, 0.15) is 0 Å². The van der Waals surface area contributed by atoms with Gasteiger partial charge in [0.05, 0.1) is 25.9 Å². The molecule has 0 aromatic heterocycles. The van der Waals surface area contributed by atoms with E-state index in [0.29, 0.717) is 13.2 Å². The minimum Gasteiger partial charge on any atom is -0.395 e. The third kappa shape index (κ3) is 3.08. The molecular formula is C9H18N2O2. The lowest BCUT2D eigenvalue weighted by Gasteiger charge is -2.34. The Morgan fingerprint density at radius 2 is 2.46 bits per heavy atom. The lowest BCUT2D eigenvalue weighted by Crippen LogP contribution is -2.48. The van der Waals surface area contributed by atoms with Crippen LogP contribution in [0.25, 0.3) is 0 Å². The van der Waals surface area contributed by atoms with Crippen molar-refractivity contribution in [2.45, 2.75) is 6.04 Å². The van der Waals surface area contributed by atoms with E-state index in [1.165, 1.54) is 0 Å². The van der Waals surface area contributed by atoms with E-state index in [9.17, 15) is 0 Å². The van der Waals surface area contributed by atoms with E-state index in [1.54, 1.807) is 0 Å². The van der Waals surface area contributed by atoms with Gasteiger partial charge in [-0.15, -0.1) is 0 Å². The Bertz CT molecular complexity index is 173. The van der Waals surface area contributed by atoms with Crippen LogP contribution in [0.4, 0.5) is 0 Å². The predicted octanol–water partition coefficient (Wildman–Crippen LogP) is -0.806. The molecular weight excluding hydrogens is 168 g/mol.